The Hall–Kier alpha value is -0.410. The highest BCUT2D eigenvalue weighted by Gasteiger charge is 2.09. The fourth-order valence-electron chi connectivity index (χ4n) is 1.26. The molecule has 2 N–H and O–H groups in total. The van der Waals surface area contributed by atoms with Gasteiger partial charge in [0.15, 0.2) is 0 Å². The van der Waals surface area contributed by atoms with E-state index in [1.165, 1.54) is 0 Å². The summed E-state index contributed by atoms with van der Waals surface area (Å²) in [6.07, 6.45) is 0.976. The normalized spacial score (nSPS) is 13.3. The predicted octanol–water partition coefficient (Wildman–Crippen LogP) is 2.89. The van der Waals surface area contributed by atoms with Gasteiger partial charge in [0, 0.05) is 6.04 Å². The zero-order valence-electron chi connectivity index (χ0n) is 8.00. The van der Waals surface area contributed by atoms with Crippen LogP contribution < -0.4 is 5.73 Å². The summed E-state index contributed by atoms with van der Waals surface area (Å²) in [6.45, 7) is 4.33. The molecule has 0 aromatic carbocycles. The van der Waals surface area contributed by atoms with Crippen molar-refractivity contribution in [3.63, 3.8) is 0 Å². The van der Waals surface area contributed by atoms with Crippen LogP contribution in [-0.2, 0) is 0 Å². The number of nitrogens with zero attached hydrogens (tertiary/aromatic N) is 1. The van der Waals surface area contributed by atoms with Crippen LogP contribution in [0.1, 0.15) is 32.0 Å². The van der Waals surface area contributed by atoms with Crippen molar-refractivity contribution in [1.82, 2.24) is 4.98 Å². The van der Waals surface area contributed by atoms with Crippen LogP contribution in [0.4, 0.5) is 0 Å². The molecule has 0 saturated carbocycles. The smallest absolute Gasteiger partial charge is 0.106 e. The molecule has 0 aliphatic heterocycles. The third-order valence-electron chi connectivity index (χ3n) is 1.84. The second-order valence-electron chi connectivity index (χ2n) is 3.62. The average Bonchev–Trinajstić information content (AvgIpc) is 2.03. The van der Waals surface area contributed by atoms with Crippen molar-refractivity contribution in [3.05, 3.63) is 28.5 Å². The molecule has 0 spiro atoms. The first-order valence-corrected chi connectivity index (χ1v) is 5.27. The molecule has 72 valence electrons. The molecule has 0 bridgehead atoms. The van der Waals surface area contributed by atoms with E-state index in [0.717, 1.165) is 16.7 Å². The monoisotopic (exact) mass is 242 g/mol. The minimum atomic E-state index is 0.0532. The second-order valence-corrected chi connectivity index (χ2v) is 4.43. The molecule has 1 heterocycles. The molecule has 2 nitrogen and oxygen atoms in total. The average molecular weight is 243 g/mol. The molecule has 3 heteroatoms. The first kappa shape index (κ1) is 10.7. The molecule has 0 aliphatic carbocycles. The van der Waals surface area contributed by atoms with E-state index < -0.39 is 0 Å². The Balaban J connectivity index is 2.71. The Morgan fingerprint density at radius 1 is 1.46 bits per heavy atom. The highest BCUT2D eigenvalue weighted by atomic mass is 79.9. The number of hydrogen-bond acceptors (Lipinski definition) is 2. The van der Waals surface area contributed by atoms with Crippen molar-refractivity contribution in [1.29, 1.82) is 0 Å². The number of rotatable bonds is 3. The van der Waals surface area contributed by atoms with E-state index in [9.17, 15) is 0 Å². The first-order valence-electron chi connectivity index (χ1n) is 4.47. The lowest BCUT2D eigenvalue weighted by Crippen LogP contribution is -2.14. The molecular weight excluding hydrogens is 228 g/mol. The molecule has 0 aliphatic rings. The maximum atomic E-state index is 5.98. The van der Waals surface area contributed by atoms with Crippen molar-refractivity contribution in [3.8, 4) is 0 Å². The van der Waals surface area contributed by atoms with Gasteiger partial charge in [-0.25, -0.2) is 4.98 Å². The highest BCUT2D eigenvalue weighted by Crippen LogP contribution is 2.18. The van der Waals surface area contributed by atoms with Gasteiger partial charge in [-0.3, -0.25) is 0 Å². The summed E-state index contributed by atoms with van der Waals surface area (Å²) in [5.41, 5.74) is 6.94. The number of nitrogens with two attached hydrogens (primary N) is 1. The van der Waals surface area contributed by atoms with Crippen LogP contribution in [0.5, 0.6) is 0 Å². The Bertz CT molecular complexity index is 273. The third kappa shape index (κ3) is 3.44. The van der Waals surface area contributed by atoms with Gasteiger partial charge in [-0.05, 0) is 40.4 Å². The van der Waals surface area contributed by atoms with E-state index in [0.29, 0.717) is 5.92 Å². The standard InChI is InChI=1S/C10H15BrN2/c1-7(2)6-8(12)9-4-3-5-10(11)13-9/h3-5,7-8H,6,12H2,1-2H3/t8-/m0/s1. The minimum Gasteiger partial charge on any atom is -0.323 e. The first-order chi connectivity index (χ1) is 6.09. The van der Waals surface area contributed by atoms with Gasteiger partial charge in [-0.1, -0.05) is 19.9 Å². The summed E-state index contributed by atoms with van der Waals surface area (Å²) in [4.78, 5) is 4.32. The Morgan fingerprint density at radius 2 is 2.15 bits per heavy atom. The van der Waals surface area contributed by atoms with Crippen molar-refractivity contribution in [2.24, 2.45) is 11.7 Å². The summed E-state index contributed by atoms with van der Waals surface area (Å²) >= 11 is 3.33. The van der Waals surface area contributed by atoms with E-state index >= 15 is 0 Å². The number of hydrogen-bond donors (Lipinski definition) is 1. The molecule has 1 atom stereocenters. The van der Waals surface area contributed by atoms with E-state index in [1.807, 2.05) is 18.2 Å². The van der Waals surface area contributed by atoms with E-state index in [4.69, 9.17) is 5.73 Å². The van der Waals surface area contributed by atoms with E-state index in [2.05, 4.69) is 34.8 Å². The van der Waals surface area contributed by atoms with Gasteiger partial charge in [-0.2, -0.15) is 0 Å². The number of halogens is 1. The summed E-state index contributed by atoms with van der Waals surface area (Å²) in [7, 11) is 0. The quantitative estimate of drug-likeness (QED) is 0.829. The van der Waals surface area contributed by atoms with Crippen LogP contribution in [0.3, 0.4) is 0 Å². The largest absolute Gasteiger partial charge is 0.323 e. The van der Waals surface area contributed by atoms with Gasteiger partial charge >= 0.3 is 0 Å². The Kier molecular flexibility index (Phi) is 3.88. The van der Waals surface area contributed by atoms with Crippen LogP contribution in [0.25, 0.3) is 0 Å². The molecular formula is C10H15BrN2. The van der Waals surface area contributed by atoms with Crippen molar-refractivity contribution in [2.45, 2.75) is 26.3 Å². The fourth-order valence-corrected chi connectivity index (χ4v) is 1.62. The van der Waals surface area contributed by atoms with Crippen LogP contribution in [0.2, 0.25) is 0 Å². The zero-order valence-corrected chi connectivity index (χ0v) is 9.58. The molecule has 0 saturated heterocycles. The molecule has 0 fully saturated rings. The summed E-state index contributed by atoms with van der Waals surface area (Å²) < 4.78 is 0.851. The molecule has 1 aromatic heterocycles. The van der Waals surface area contributed by atoms with E-state index in [-0.39, 0.29) is 6.04 Å². The van der Waals surface area contributed by atoms with Crippen LogP contribution in [0, 0.1) is 5.92 Å². The molecule has 1 rings (SSSR count). The lowest BCUT2D eigenvalue weighted by atomic mass is 10.0. The van der Waals surface area contributed by atoms with Gasteiger partial charge in [0.05, 0.1) is 5.69 Å². The minimum absolute atomic E-state index is 0.0532. The maximum Gasteiger partial charge on any atom is 0.106 e. The van der Waals surface area contributed by atoms with E-state index in [1.54, 1.807) is 0 Å². The highest BCUT2D eigenvalue weighted by molar-refractivity contribution is 9.10. The second kappa shape index (κ2) is 4.72. The van der Waals surface area contributed by atoms with Gasteiger partial charge in [0.1, 0.15) is 4.60 Å². The number of pyridine rings is 1. The summed E-state index contributed by atoms with van der Waals surface area (Å²) in [5.74, 6) is 0.607. The molecule has 13 heavy (non-hydrogen) atoms. The van der Waals surface area contributed by atoms with Gasteiger partial charge < -0.3 is 5.73 Å². The van der Waals surface area contributed by atoms with Crippen molar-refractivity contribution < 1.29 is 0 Å². The Morgan fingerprint density at radius 3 is 2.69 bits per heavy atom. The van der Waals surface area contributed by atoms with Crippen LogP contribution >= 0.6 is 15.9 Å². The lowest BCUT2D eigenvalue weighted by molar-refractivity contribution is 0.502. The third-order valence-corrected chi connectivity index (χ3v) is 2.28. The van der Waals surface area contributed by atoms with Crippen molar-refractivity contribution in [2.75, 3.05) is 0 Å². The molecule has 0 radical (unpaired) electrons. The van der Waals surface area contributed by atoms with Crippen LogP contribution in [-0.4, -0.2) is 4.98 Å². The molecule has 1 aromatic rings. The van der Waals surface area contributed by atoms with Crippen molar-refractivity contribution >= 4 is 15.9 Å². The Labute approximate surface area is 87.7 Å². The van der Waals surface area contributed by atoms with Gasteiger partial charge in [-0.15, -0.1) is 0 Å². The topological polar surface area (TPSA) is 38.9 Å². The lowest BCUT2D eigenvalue weighted by Gasteiger charge is -2.13. The summed E-state index contributed by atoms with van der Waals surface area (Å²) in [6, 6.07) is 5.90. The van der Waals surface area contributed by atoms with Gasteiger partial charge in [0.2, 0.25) is 0 Å². The SMILES string of the molecule is CC(C)C[C@H](N)c1cccc(Br)n1. The fraction of sp³-hybridized carbons (Fsp3) is 0.500. The zero-order chi connectivity index (χ0) is 9.84. The summed E-state index contributed by atoms with van der Waals surface area (Å²) in [5, 5.41) is 0. The predicted molar refractivity (Wildman–Crippen MR) is 58.3 cm³/mol. The molecule has 0 unspecified atom stereocenters. The molecule has 0 amide bonds. The van der Waals surface area contributed by atoms with Gasteiger partial charge in [0.25, 0.3) is 0 Å². The number of aromatic nitrogens is 1. The maximum absolute atomic E-state index is 5.98. The van der Waals surface area contributed by atoms with Crippen LogP contribution in [0.15, 0.2) is 22.8 Å².